The van der Waals surface area contributed by atoms with Crippen LogP contribution in [0.2, 0.25) is 0 Å². The van der Waals surface area contributed by atoms with E-state index < -0.39 is 18.1 Å². The number of amides is 1. The van der Waals surface area contributed by atoms with Gasteiger partial charge in [0, 0.05) is 19.4 Å². The highest BCUT2D eigenvalue weighted by atomic mass is 16.6. The highest BCUT2D eigenvalue weighted by molar-refractivity contribution is 5.79. The Morgan fingerprint density at radius 3 is 2.45 bits per heavy atom. The molecule has 110 valence electrons. The van der Waals surface area contributed by atoms with Crippen LogP contribution in [-0.2, 0) is 16.1 Å². The van der Waals surface area contributed by atoms with Crippen molar-refractivity contribution in [1.82, 2.24) is 9.88 Å². The molecule has 0 aliphatic rings. The van der Waals surface area contributed by atoms with Crippen LogP contribution in [0, 0.1) is 5.92 Å². The molecule has 0 aliphatic heterocycles. The van der Waals surface area contributed by atoms with Crippen LogP contribution >= 0.6 is 0 Å². The Morgan fingerprint density at radius 2 is 1.95 bits per heavy atom. The molecular weight excluding hydrogens is 260 g/mol. The number of hydrogen-bond acceptors (Lipinski definition) is 4. The molecule has 1 aromatic heterocycles. The molecule has 0 unspecified atom stereocenters. The van der Waals surface area contributed by atoms with Crippen molar-refractivity contribution in [1.29, 1.82) is 0 Å². The van der Waals surface area contributed by atoms with E-state index in [9.17, 15) is 9.59 Å². The van der Waals surface area contributed by atoms with Crippen molar-refractivity contribution in [3.63, 3.8) is 0 Å². The van der Waals surface area contributed by atoms with Crippen molar-refractivity contribution < 1.29 is 19.4 Å². The second kappa shape index (κ2) is 7.47. The summed E-state index contributed by atoms with van der Waals surface area (Å²) in [4.78, 5) is 28.1. The molecule has 0 saturated heterocycles. The number of carbonyl (C=O) groups excluding carboxylic acids is 1. The van der Waals surface area contributed by atoms with Crippen LogP contribution in [0.25, 0.3) is 0 Å². The minimum Gasteiger partial charge on any atom is -0.480 e. The number of aromatic nitrogens is 1. The van der Waals surface area contributed by atoms with Gasteiger partial charge in [0.15, 0.2) is 0 Å². The lowest BCUT2D eigenvalue weighted by Gasteiger charge is -2.25. The van der Waals surface area contributed by atoms with Crippen molar-refractivity contribution in [2.75, 3.05) is 7.05 Å². The van der Waals surface area contributed by atoms with Gasteiger partial charge in [-0.3, -0.25) is 9.88 Å². The third-order valence-electron chi connectivity index (χ3n) is 2.85. The summed E-state index contributed by atoms with van der Waals surface area (Å²) >= 11 is 0. The van der Waals surface area contributed by atoms with Gasteiger partial charge in [-0.25, -0.2) is 9.59 Å². The fourth-order valence-corrected chi connectivity index (χ4v) is 1.72. The number of carbonyl (C=O) groups is 2. The Labute approximate surface area is 118 Å². The van der Waals surface area contributed by atoms with Gasteiger partial charge in [0.25, 0.3) is 0 Å². The van der Waals surface area contributed by atoms with E-state index in [-0.39, 0.29) is 12.5 Å². The first-order valence-electron chi connectivity index (χ1n) is 6.43. The molecule has 0 aromatic carbocycles. The zero-order valence-electron chi connectivity index (χ0n) is 11.9. The Bertz CT molecular complexity index is 448. The van der Waals surface area contributed by atoms with Gasteiger partial charge in [0.2, 0.25) is 0 Å². The summed E-state index contributed by atoms with van der Waals surface area (Å²) in [6.07, 6.45) is 2.95. The molecule has 1 aromatic rings. The average Bonchev–Trinajstić information content (AvgIpc) is 2.42. The summed E-state index contributed by atoms with van der Waals surface area (Å²) in [5.74, 6) is -0.853. The van der Waals surface area contributed by atoms with Crippen LogP contribution in [0.3, 0.4) is 0 Å². The van der Waals surface area contributed by atoms with E-state index >= 15 is 0 Å². The molecule has 0 bridgehead atoms. The molecule has 6 nitrogen and oxygen atoms in total. The smallest absolute Gasteiger partial charge is 0.410 e. The molecule has 1 amide bonds. The Morgan fingerprint density at radius 1 is 1.35 bits per heavy atom. The molecule has 20 heavy (non-hydrogen) atoms. The molecule has 1 N–H and O–H groups in total. The Balaban J connectivity index is 2.58. The van der Waals surface area contributed by atoms with Gasteiger partial charge < -0.3 is 9.84 Å². The summed E-state index contributed by atoms with van der Waals surface area (Å²) < 4.78 is 5.10. The average molecular weight is 280 g/mol. The van der Waals surface area contributed by atoms with E-state index in [2.05, 4.69) is 4.98 Å². The normalized spacial score (nSPS) is 12.0. The summed E-state index contributed by atoms with van der Waals surface area (Å²) in [6, 6.07) is 2.59. The van der Waals surface area contributed by atoms with Crippen LogP contribution in [-0.4, -0.2) is 40.1 Å². The van der Waals surface area contributed by atoms with Gasteiger partial charge in [-0.2, -0.15) is 0 Å². The van der Waals surface area contributed by atoms with E-state index in [1.165, 1.54) is 7.05 Å². The van der Waals surface area contributed by atoms with Crippen LogP contribution in [0.1, 0.15) is 25.8 Å². The number of rotatable bonds is 6. The van der Waals surface area contributed by atoms with Crippen molar-refractivity contribution in [3.05, 3.63) is 30.1 Å². The number of likely N-dealkylation sites (N-methyl/N-ethyl adjacent to an activating group) is 1. The Kier molecular flexibility index (Phi) is 5.96. The van der Waals surface area contributed by atoms with Gasteiger partial charge in [-0.1, -0.05) is 13.8 Å². The summed E-state index contributed by atoms with van der Waals surface area (Å²) in [6.45, 7) is 3.91. The number of ether oxygens (including phenoxy) is 1. The minimum atomic E-state index is -1.03. The number of carboxylic acids is 1. The standard InChI is InChI=1S/C14H20N2O4/c1-10(2)8-12(13(17)18)16(3)14(19)20-9-11-4-6-15-7-5-11/h4-7,10,12H,8-9H2,1-3H3,(H,17,18)/t12-/m0/s1. The number of pyridine rings is 1. The van der Waals surface area contributed by atoms with Gasteiger partial charge >= 0.3 is 12.1 Å². The first kappa shape index (κ1) is 15.9. The van der Waals surface area contributed by atoms with Crippen LogP contribution in [0.5, 0.6) is 0 Å². The second-order valence-corrected chi connectivity index (χ2v) is 5.00. The van der Waals surface area contributed by atoms with Crippen molar-refractivity contribution in [3.8, 4) is 0 Å². The molecule has 0 aliphatic carbocycles. The summed E-state index contributed by atoms with van der Waals surface area (Å²) in [5.41, 5.74) is 0.803. The predicted molar refractivity (Wildman–Crippen MR) is 73.1 cm³/mol. The second-order valence-electron chi connectivity index (χ2n) is 5.00. The highest BCUT2D eigenvalue weighted by Gasteiger charge is 2.28. The minimum absolute atomic E-state index is 0.0969. The molecule has 0 radical (unpaired) electrons. The first-order valence-corrected chi connectivity index (χ1v) is 6.43. The maximum absolute atomic E-state index is 11.9. The molecule has 0 saturated carbocycles. The zero-order chi connectivity index (χ0) is 15.1. The topological polar surface area (TPSA) is 79.7 Å². The van der Waals surface area contributed by atoms with Crippen molar-refractivity contribution in [2.45, 2.75) is 32.9 Å². The number of nitrogens with zero attached hydrogens (tertiary/aromatic N) is 2. The lowest BCUT2D eigenvalue weighted by atomic mass is 10.0. The van der Waals surface area contributed by atoms with E-state index in [1.807, 2.05) is 13.8 Å². The number of aliphatic carboxylic acids is 1. The molecule has 1 heterocycles. The van der Waals surface area contributed by atoms with Crippen LogP contribution < -0.4 is 0 Å². The van der Waals surface area contributed by atoms with E-state index in [4.69, 9.17) is 9.84 Å². The van der Waals surface area contributed by atoms with Gasteiger partial charge in [0.05, 0.1) is 0 Å². The van der Waals surface area contributed by atoms with E-state index in [1.54, 1.807) is 24.5 Å². The quantitative estimate of drug-likeness (QED) is 0.863. The largest absolute Gasteiger partial charge is 0.480 e. The third kappa shape index (κ3) is 4.87. The summed E-state index contributed by atoms with van der Waals surface area (Å²) in [5, 5.41) is 9.17. The lowest BCUT2D eigenvalue weighted by molar-refractivity contribution is -0.142. The SMILES string of the molecule is CC(C)C[C@@H](C(=O)O)N(C)C(=O)OCc1ccncc1. The summed E-state index contributed by atoms with van der Waals surface area (Å²) in [7, 11) is 1.44. The monoisotopic (exact) mass is 280 g/mol. The number of carboxylic acid groups (broad SMARTS) is 1. The molecule has 6 heteroatoms. The van der Waals surface area contributed by atoms with E-state index in [0.29, 0.717) is 6.42 Å². The van der Waals surface area contributed by atoms with E-state index in [0.717, 1.165) is 10.5 Å². The highest BCUT2D eigenvalue weighted by Crippen LogP contribution is 2.12. The lowest BCUT2D eigenvalue weighted by Crippen LogP contribution is -2.43. The predicted octanol–water partition coefficient (Wildman–Crippen LogP) is 2.15. The van der Waals surface area contributed by atoms with Gasteiger partial charge in [-0.15, -0.1) is 0 Å². The molecule has 0 spiro atoms. The maximum atomic E-state index is 11.9. The fourth-order valence-electron chi connectivity index (χ4n) is 1.72. The molecular formula is C14H20N2O4. The molecule has 0 fully saturated rings. The van der Waals surface area contributed by atoms with Crippen molar-refractivity contribution in [2.24, 2.45) is 5.92 Å². The number of hydrogen-bond donors (Lipinski definition) is 1. The molecule has 1 atom stereocenters. The zero-order valence-corrected chi connectivity index (χ0v) is 11.9. The van der Waals surface area contributed by atoms with Crippen LogP contribution in [0.4, 0.5) is 4.79 Å². The van der Waals surface area contributed by atoms with Gasteiger partial charge in [-0.05, 0) is 30.0 Å². The molecule has 1 rings (SSSR count). The maximum Gasteiger partial charge on any atom is 0.410 e. The first-order chi connectivity index (χ1) is 9.41. The van der Waals surface area contributed by atoms with Gasteiger partial charge in [0.1, 0.15) is 12.6 Å². The Hall–Kier alpha value is -2.11. The third-order valence-corrected chi connectivity index (χ3v) is 2.85. The van der Waals surface area contributed by atoms with Crippen LogP contribution in [0.15, 0.2) is 24.5 Å². The fraction of sp³-hybridized carbons (Fsp3) is 0.500. The van der Waals surface area contributed by atoms with Crippen molar-refractivity contribution >= 4 is 12.1 Å².